The van der Waals surface area contributed by atoms with Crippen LogP contribution in [0.5, 0.6) is 0 Å². The normalized spacial score (nSPS) is 10.9. The van der Waals surface area contributed by atoms with E-state index in [-0.39, 0.29) is 17.1 Å². The van der Waals surface area contributed by atoms with Crippen molar-refractivity contribution in [3.8, 4) is 0 Å². The van der Waals surface area contributed by atoms with E-state index in [0.29, 0.717) is 22.5 Å². The second-order valence-corrected chi connectivity index (χ2v) is 7.33. The van der Waals surface area contributed by atoms with Crippen LogP contribution < -0.4 is 10.6 Å². The van der Waals surface area contributed by atoms with Gasteiger partial charge in [0.05, 0.1) is 11.3 Å². The van der Waals surface area contributed by atoms with E-state index in [1.165, 1.54) is 49.4 Å². The molecule has 3 N–H and O–H groups in total. The lowest BCUT2D eigenvalue weighted by atomic mass is 10.1. The van der Waals surface area contributed by atoms with Crippen molar-refractivity contribution in [1.29, 1.82) is 0 Å². The predicted octanol–water partition coefficient (Wildman–Crippen LogP) is 2.41. The number of rotatable bonds is 6. The van der Waals surface area contributed by atoms with Gasteiger partial charge in [-0.15, -0.1) is 0 Å². The third-order valence-corrected chi connectivity index (χ3v) is 4.43. The Labute approximate surface area is 156 Å². The molecule has 0 unspecified atom stereocenters. The first kappa shape index (κ1) is 20.3. The summed E-state index contributed by atoms with van der Waals surface area (Å²) in [6.45, 7) is 2.91. The molecule has 0 aliphatic carbocycles. The number of Topliss-reactive ketones (excluding diaryl/α,β-unsaturated/α-hetero) is 1. The summed E-state index contributed by atoms with van der Waals surface area (Å²) in [6, 6.07) is 9.88. The maximum Gasteiger partial charge on any atom is 0.294 e. The molecule has 0 saturated carbocycles. The highest BCUT2D eigenvalue weighted by Crippen LogP contribution is 2.20. The summed E-state index contributed by atoms with van der Waals surface area (Å²) in [5.74, 6) is -1.12. The van der Waals surface area contributed by atoms with E-state index in [9.17, 15) is 22.8 Å². The smallest absolute Gasteiger partial charge is 0.294 e. The lowest BCUT2D eigenvalue weighted by molar-refractivity contribution is -0.124. The highest BCUT2D eigenvalue weighted by molar-refractivity contribution is 7.85. The number of hydrogen-bond donors (Lipinski definition) is 3. The average Bonchev–Trinajstić information content (AvgIpc) is 2.55. The third kappa shape index (κ3) is 5.73. The van der Waals surface area contributed by atoms with E-state index < -0.39 is 21.9 Å². The summed E-state index contributed by atoms with van der Waals surface area (Å²) in [5, 5.41) is 5.19. The summed E-state index contributed by atoms with van der Waals surface area (Å²) in [7, 11) is -4.31. The van der Waals surface area contributed by atoms with Crippen LogP contribution in [0.2, 0.25) is 0 Å². The van der Waals surface area contributed by atoms with Crippen molar-refractivity contribution in [2.45, 2.75) is 25.2 Å². The van der Waals surface area contributed by atoms with Crippen molar-refractivity contribution in [1.82, 2.24) is 0 Å². The standard InChI is InChI=1S/C18H18N2O6S/c1-11-9-15(27(24,25)26)7-8-16(11)20-18(23)13-3-5-14(6-4-13)19-17(22)10-12(2)21/h3-9H,10H2,1-2H3,(H,19,22)(H,20,23)(H,24,25,26). The molecular weight excluding hydrogens is 372 g/mol. The summed E-state index contributed by atoms with van der Waals surface area (Å²) in [6.07, 6.45) is -0.221. The van der Waals surface area contributed by atoms with Crippen LogP contribution >= 0.6 is 0 Å². The maximum atomic E-state index is 12.3. The van der Waals surface area contributed by atoms with E-state index >= 15 is 0 Å². The van der Waals surface area contributed by atoms with E-state index in [4.69, 9.17) is 4.55 Å². The number of carbonyl (C=O) groups is 3. The maximum absolute atomic E-state index is 12.3. The molecule has 0 aliphatic heterocycles. The quantitative estimate of drug-likeness (QED) is 0.513. The van der Waals surface area contributed by atoms with Crippen molar-refractivity contribution < 1.29 is 27.4 Å². The van der Waals surface area contributed by atoms with Crippen LogP contribution in [0.3, 0.4) is 0 Å². The van der Waals surface area contributed by atoms with Gasteiger partial charge in [0, 0.05) is 16.9 Å². The number of ketones is 1. The molecule has 142 valence electrons. The van der Waals surface area contributed by atoms with Gasteiger partial charge in [0.2, 0.25) is 5.91 Å². The third-order valence-electron chi connectivity index (χ3n) is 3.58. The van der Waals surface area contributed by atoms with Crippen molar-refractivity contribution in [3.05, 3.63) is 53.6 Å². The molecule has 2 aromatic rings. The van der Waals surface area contributed by atoms with Crippen molar-refractivity contribution in [2.24, 2.45) is 0 Å². The van der Waals surface area contributed by atoms with Crippen LogP contribution in [-0.2, 0) is 19.7 Å². The highest BCUT2D eigenvalue weighted by Gasteiger charge is 2.13. The molecule has 0 spiro atoms. The summed E-state index contributed by atoms with van der Waals surface area (Å²) >= 11 is 0. The van der Waals surface area contributed by atoms with Gasteiger partial charge in [-0.05, 0) is 61.9 Å². The van der Waals surface area contributed by atoms with Gasteiger partial charge in [-0.3, -0.25) is 18.9 Å². The van der Waals surface area contributed by atoms with Gasteiger partial charge < -0.3 is 10.6 Å². The Bertz CT molecular complexity index is 997. The van der Waals surface area contributed by atoms with Crippen LogP contribution in [0.15, 0.2) is 47.4 Å². The molecule has 2 amide bonds. The van der Waals surface area contributed by atoms with Crippen LogP contribution in [0, 0.1) is 6.92 Å². The lowest BCUT2D eigenvalue weighted by Gasteiger charge is -2.10. The number of amides is 2. The molecule has 0 aromatic heterocycles. The summed E-state index contributed by atoms with van der Waals surface area (Å²) in [5.41, 5.74) is 1.63. The predicted molar refractivity (Wildman–Crippen MR) is 99.3 cm³/mol. The number of nitrogens with one attached hydrogen (secondary N) is 2. The average molecular weight is 390 g/mol. The van der Waals surface area contributed by atoms with E-state index in [0.717, 1.165) is 0 Å². The van der Waals surface area contributed by atoms with E-state index in [1.807, 2.05) is 0 Å². The molecular formula is C18H18N2O6S. The van der Waals surface area contributed by atoms with Crippen LogP contribution in [0.25, 0.3) is 0 Å². The topological polar surface area (TPSA) is 130 Å². The minimum absolute atomic E-state index is 0.221. The van der Waals surface area contributed by atoms with Crippen LogP contribution in [0.1, 0.15) is 29.3 Å². The molecule has 0 fully saturated rings. The van der Waals surface area contributed by atoms with Gasteiger partial charge in [-0.25, -0.2) is 0 Å². The first-order valence-corrected chi connectivity index (χ1v) is 9.29. The van der Waals surface area contributed by atoms with Crippen LogP contribution in [-0.4, -0.2) is 30.6 Å². The summed E-state index contributed by atoms with van der Waals surface area (Å²) < 4.78 is 31.3. The molecule has 9 heteroatoms. The number of anilines is 2. The zero-order valence-electron chi connectivity index (χ0n) is 14.6. The first-order chi connectivity index (χ1) is 12.6. The number of carbonyl (C=O) groups excluding carboxylic acids is 3. The Morgan fingerprint density at radius 3 is 2.15 bits per heavy atom. The van der Waals surface area contributed by atoms with Gasteiger partial charge in [0.15, 0.2) is 0 Å². The largest absolute Gasteiger partial charge is 0.326 e. The molecule has 2 aromatic carbocycles. The number of aryl methyl sites for hydroxylation is 1. The minimum Gasteiger partial charge on any atom is -0.326 e. The first-order valence-electron chi connectivity index (χ1n) is 7.85. The molecule has 0 atom stereocenters. The summed E-state index contributed by atoms with van der Waals surface area (Å²) in [4.78, 5) is 34.5. The molecule has 0 bridgehead atoms. The zero-order chi connectivity index (χ0) is 20.2. The lowest BCUT2D eigenvalue weighted by Crippen LogP contribution is -2.15. The molecule has 0 aliphatic rings. The fraction of sp³-hybridized carbons (Fsp3) is 0.167. The van der Waals surface area contributed by atoms with Gasteiger partial charge in [-0.1, -0.05) is 0 Å². The Morgan fingerprint density at radius 1 is 1.00 bits per heavy atom. The van der Waals surface area contributed by atoms with Gasteiger partial charge in [0.25, 0.3) is 16.0 Å². The van der Waals surface area contributed by atoms with Crippen molar-refractivity contribution in [3.63, 3.8) is 0 Å². The van der Waals surface area contributed by atoms with Gasteiger partial charge in [-0.2, -0.15) is 8.42 Å². The molecule has 0 radical (unpaired) electrons. The Balaban J connectivity index is 2.08. The molecule has 2 rings (SSSR count). The fourth-order valence-electron chi connectivity index (χ4n) is 2.27. The minimum atomic E-state index is -4.31. The fourth-order valence-corrected chi connectivity index (χ4v) is 2.83. The van der Waals surface area contributed by atoms with E-state index in [1.54, 1.807) is 6.92 Å². The van der Waals surface area contributed by atoms with Crippen molar-refractivity contribution >= 4 is 39.1 Å². The number of hydrogen-bond acceptors (Lipinski definition) is 5. The Morgan fingerprint density at radius 2 is 1.63 bits per heavy atom. The Kier molecular flexibility index (Phi) is 6.09. The van der Waals surface area contributed by atoms with Crippen molar-refractivity contribution in [2.75, 3.05) is 10.6 Å². The Hall–Kier alpha value is -3.04. The van der Waals surface area contributed by atoms with Crippen LogP contribution in [0.4, 0.5) is 11.4 Å². The van der Waals surface area contributed by atoms with E-state index in [2.05, 4.69) is 10.6 Å². The number of benzene rings is 2. The molecule has 8 nitrogen and oxygen atoms in total. The second-order valence-electron chi connectivity index (χ2n) is 5.91. The molecule has 0 heterocycles. The van der Waals surface area contributed by atoms with Gasteiger partial charge >= 0.3 is 0 Å². The second kappa shape index (κ2) is 8.11. The molecule has 27 heavy (non-hydrogen) atoms. The SMILES string of the molecule is CC(=O)CC(=O)Nc1ccc(C(=O)Nc2ccc(S(=O)(=O)O)cc2C)cc1. The zero-order valence-corrected chi connectivity index (χ0v) is 15.5. The monoisotopic (exact) mass is 390 g/mol. The van der Waals surface area contributed by atoms with Gasteiger partial charge in [0.1, 0.15) is 5.78 Å². The highest BCUT2D eigenvalue weighted by atomic mass is 32.2. The molecule has 0 saturated heterocycles.